The summed E-state index contributed by atoms with van der Waals surface area (Å²) < 4.78 is 0. The van der Waals surface area contributed by atoms with Crippen LogP contribution < -0.4 is 21.9 Å². The first-order chi connectivity index (χ1) is 11.8. The second-order valence-corrected chi connectivity index (χ2v) is 6.62. The first-order valence-electron chi connectivity index (χ1n) is 8.50. The highest BCUT2D eigenvalue weighted by Crippen LogP contribution is 2.27. The van der Waals surface area contributed by atoms with Gasteiger partial charge < -0.3 is 0 Å². The zero-order valence-corrected chi connectivity index (χ0v) is 13.9. The maximum Gasteiger partial charge on any atom is 0.193 e. The molecule has 3 aromatic rings. The van der Waals surface area contributed by atoms with Gasteiger partial charge in [0.05, 0.1) is 0 Å². The van der Waals surface area contributed by atoms with Crippen LogP contribution in [0.15, 0.2) is 54.6 Å². The molecule has 0 nitrogen and oxygen atoms in total. The van der Waals surface area contributed by atoms with E-state index in [1.165, 1.54) is 55.2 Å². The molecule has 2 radical (unpaired) electrons. The van der Waals surface area contributed by atoms with Crippen LogP contribution in [0.3, 0.4) is 0 Å². The summed E-state index contributed by atoms with van der Waals surface area (Å²) in [6.07, 6.45) is 4.36. The van der Waals surface area contributed by atoms with E-state index in [1.54, 1.807) is 0 Å². The normalized spacial score (nSPS) is 13.1. The number of rotatable bonds is 1. The molecule has 0 amide bonds. The fourth-order valence-electron chi connectivity index (χ4n) is 4.11. The van der Waals surface area contributed by atoms with Crippen LogP contribution in [0, 0.1) is 6.92 Å². The Hall–Kier alpha value is -2.47. The summed E-state index contributed by atoms with van der Waals surface area (Å²) in [5.74, 6) is 0. The van der Waals surface area contributed by atoms with Crippen molar-refractivity contribution in [1.82, 2.24) is 0 Å². The minimum absolute atomic E-state index is 1.33. The van der Waals surface area contributed by atoms with Crippen molar-refractivity contribution in [2.75, 3.05) is 0 Å². The van der Waals surface area contributed by atoms with Gasteiger partial charge in [-0.15, -0.1) is 0 Å². The Kier molecular flexibility index (Phi) is 2.91. The van der Waals surface area contributed by atoms with Gasteiger partial charge in [-0.1, -0.05) is 82.5 Å². The maximum absolute atomic E-state index is 2.38. The number of fused-ring (bicyclic) bond motifs is 7. The van der Waals surface area contributed by atoms with Gasteiger partial charge >= 0.3 is 0 Å². The zero-order chi connectivity index (χ0) is 16.3. The summed E-state index contributed by atoms with van der Waals surface area (Å²) in [5.41, 5.74) is 13.5. The van der Waals surface area contributed by atoms with Crippen molar-refractivity contribution in [2.24, 2.45) is 0 Å². The largest absolute Gasteiger partial charge is 0.193 e. The van der Waals surface area contributed by atoms with Crippen LogP contribution in [-0.4, -0.2) is 14.6 Å². The highest BCUT2D eigenvalue weighted by Gasteiger charge is 2.29. The Labute approximate surface area is 144 Å². The van der Waals surface area contributed by atoms with Crippen molar-refractivity contribution in [3.8, 4) is 22.3 Å². The quantitative estimate of drug-likeness (QED) is 0.417. The first-order valence-corrected chi connectivity index (χ1v) is 8.50. The smallest absolute Gasteiger partial charge is 0.0871 e. The van der Waals surface area contributed by atoms with Crippen LogP contribution in [0.25, 0.3) is 28.3 Å². The van der Waals surface area contributed by atoms with E-state index in [0.29, 0.717) is 0 Å². The molecule has 0 N–H and O–H groups in total. The molecule has 0 bridgehead atoms. The van der Waals surface area contributed by atoms with Crippen LogP contribution in [0.1, 0.15) is 18.1 Å². The topological polar surface area (TPSA) is 0 Å². The van der Waals surface area contributed by atoms with E-state index in [1.807, 2.05) is 0 Å². The Balaban J connectivity index is 1.73. The molecule has 0 aliphatic carbocycles. The van der Waals surface area contributed by atoms with Crippen molar-refractivity contribution in [1.29, 1.82) is 0 Å². The summed E-state index contributed by atoms with van der Waals surface area (Å²) in [5, 5.41) is 0. The third-order valence-electron chi connectivity index (χ3n) is 5.26. The monoisotopic (exact) mass is 302 g/mol. The van der Waals surface area contributed by atoms with Crippen LogP contribution in [0.2, 0.25) is 0 Å². The summed E-state index contributed by atoms with van der Waals surface area (Å²) >= 11 is 0. The van der Waals surface area contributed by atoms with Crippen molar-refractivity contribution < 1.29 is 0 Å². The SMILES string of the molecule is C/C=C\c1c(C)ccc2c1[B]c1c-2ccc2c1[B]c1ccccc1-2. The van der Waals surface area contributed by atoms with Gasteiger partial charge in [0, 0.05) is 0 Å². The van der Waals surface area contributed by atoms with Crippen molar-refractivity contribution in [3.05, 3.63) is 65.7 Å². The van der Waals surface area contributed by atoms with Gasteiger partial charge in [0.1, 0.15) is 0 Å². The van der Waals surface area contributed by atoms with E-state index in [0.717, 1.165) is 0 Å². The lowest BCUT2D eigenvalue weighted by molar-refractivity contribution is 1.46. The van der Waals surface area contributed by atoms with Crippen LogP contribution in [0.4, 0.5) is 0 Å². The van der Waals surface area contributed by atoms with Crippen LogP contribution >= 0.6 is 0 Å². The molecule has 0 fully saturated rings. The molecule has 2 aliphatic rings. The van der Waals surface area contributed by atoms with Crippen molar-refractivity contribution in [2.45, 2.75) is 13.8 Å². The van der Waals surface area contributed by atoms with Gasteiger partial charge in [0.2, 0.25) is 0 Å². The molecule has 0 atom stereocenters. The fraction of sp³-hybridized carbons (Fsp3) is 0.0909. The van der Waals surface area contributed by atoms with E-state index >= 15 is 0 Å². The lowest BCUT2D eigenvalue weighted by Crippen LogP contribution is -2.39. The summed E-state index contributed by atoms with van der Waals surface area (Å²) in [6.45, 7) is 4.28. The number of hydrogen-bond acceptors (Lipinski definition) is 0. The van der Waals surface area contributed by atoms with Crippen molar-refractivity contribution in [3.63, 3.8) is 0 Å². The third kappa shape index (κ3) is 1.77. The Morgan fingerprint density at radius 3 is 2.21 bits per heavy atom. The van der Waals surface area contributed by atoms with Gasteiger partial charge in [-0.05, 0) is 47.2 Å². The predicted octanol–water partition coefficient (Wildman–Crippen LogP) is 2.30. The molecule has 0 unspecified atom stereocenters. The second-order valence-electron chi connectivity index (χ2n) is 6.62. The number of benzene rings is 3. The maximum atomic E-state index is 2.38. The predicted molar refractivity (Wildman–Crippen MR) is 107 cm³/mol. The molecule has 110 valence electrons. The Morgan fingerprint density at radius 1 is 0.708 bits per heavy atom. The Morgan fingerprint density at radius 2 is 1.38 bits per heavy atom. The standard InChI is InChI=1S/C22H16B2/c1-3-6-14-13(2)9-10-17-18-12-11-16-15-7-4-5-8-19(15)23-21(16)22(18)24-20(14)17/h3-12H,1-2H3/b6-3-. The lowest BCUT2D eigenvalue weighted by Gasteiger charge is -2.09. The minimum atomic E-state index is 1.33. The summed E-state index contributed by atoms with van der Waals surface area (Å²) in [7, 11) is 4.72. The van der Waals surface area contributed by atoms with E-state index in [2.05, 4.69) is 89.1 Å². The Bertz CT molecular complexity index is 1030. The van der Waals surface area contributed by atoms with E-state index in [4.69, 9.17) is 0 Å². The van der Waals surface area contributed by atoms with Gasteiger partial charge in [0.15, 0.2) is 14.6 Å². The second kappa shape index (κ2) is 5.01. The third-order valence-corrected chi connectivity index (χ3v) is 5.26. The van der Waals surface area contributed by atoms with Gasteiger partial charge in [0.25, 0.3) is 0 Å². The fourth-order valence-corrected chi connectivity index (χ4v) is 4.11. The first kappa shape index (κ1) is 13.9. The molecular weight excluding hydrogens is 286 g/mol. The van der Waals surface area contributed by atoms with E-state index in [9.17, 15) is 0 Å². The van der Waals surface area contributed by atoms with E-state index < -0.39 is 0 Å². The molecule has 2 heteroatoms. The number of allylic oxidation sites excluding steroid dienone is 1. The van der Waals surface area contributed by atoms with Gasteiger partial charge in [-0.2, -0.15) is 0 Å². The number of hydrogen-bond donors (Lipinski definition) is 0. The van der Waals surface area contributed by atoms with Crippen LogP contribution in [0.5, 0.6) is 0 Å². The minimum Gasteiger partial charge on any atom is -0.0871 e. The molecule has 2 aliphatic heterocycles. The van der Waals surface area contributed by atoms with E-state index in [-0.39, 0.29) is 0 Å². The molecule has 0 aromatic heterocycles. The molecule has 0 saturated carbocycles. The lowest BCUT2D eigenvalue weighted by atomic mass is 9.56. The molecular formula is C22H16B2. The molecule has 5 rings (SSSR count). The average molecular weight is 302 g/mol. The summed E-state index contributed by atoms with van der Waals surface area (Å²) in [6, 6.07) is 17.8. The average Bonchev–Trinajstić information content (AvgIpc) is 3.15. The highest BCUT2D eigenvalue weighted by atomic mass is 14.2. The van der Waals surface area contributed by atoms with Crippen LogP contribution in [-0.2, 0) is 0 Å². The van der Waals surface area contributed by atoms with Gasteiger partial charge in [-0.3, -0.25) is 0 Å². The number of aryl methyl sites for hydroxylation is 1. The molecule has 0 spiro atoms. The molecule has 24 heavy (non-hydrogen) atoms. The molecule has 3 aromatic carbocycles. The highest BCUT2D eigenvalue weighted by molar-refractivity contribution is 6.85. The van der Waals surface area contributed by atoms with Crippen molar-refractivity contribution >= 4 is 42.5 Å². The zero-order valence-electron chi connectivity index (χ0n) is 13.9. The molecule has 0 saturated heterocycles. The van der Waals surface area contributed by atoms with Gasteiger partial charge in [-0.25, -0.2) is 0 Å². The summed E-state index contributed by atoms with van der Waals surface area (Å²) in [4.78, 5) is 0. The molecule has 2 heterocycles.